The van der Waals surface area contributed by atoms with Crippen molar-refractivity contribution in [2.24, 2.45) is 0 Å². The summed E-state index contributed by atoms with van der Waals surface area (Å²) in [7, 11) is 0. The van der Waals surface area contributed by atoms with E-state index in [0.717, 1.165) is 12.0 Å². The Morgan fingerprint density at radius 1 is 1.14 bits per heavy atom. The van der Waals surface area contributed by atoms with Crippen LogP contribution in [0.3, 0.4) is 0 Å². The highest BCUT2D eigenvalue weighted by atomic mass is 19.1. The highest BCUT2D eigenvalue weighted by molar-refractivity contribution is 5.73. The van der Waals surface area contributed by atoms with E-state index in [1.165, 1.54) is 44.2 Å². The Morgan fingerprint density at radius 3 is 2.59 bits per heavy atom. The number of carbonyl (C=O) groups is 1. The number of rotatable bonds is 7. The Hall–Kier alpha value is -1.62. The molecule has 1 aliphatic rings. The lowest BCUT2D eigenvalue weighted by atomic mass is 9.98. The first-order valence-electron chi connectivity index (χ1n) is 8.12. The fourth-order valence-electron chi connectivity index (χ4n) is 2.60. The molecule has 1 aromatic carbocycles. The van der Waals surface area contributed by atoms with Crippen LogP contribution in [0.1, 0.15) is 44.1 Å². The number of hydrogen-bond donors (Lipinski definition) is 2. The summed E-state index contributed by atoms with van der Waals surface area (Å²) in [4.78, 5) is 11.6. The van der Waals surface area contributed by atoms with Crippen LogP contribution in [0, 0.1) is 5.82 Å². The van der Waals surface area contributed by atoms with Gasteiger partial charge in [0.05, 0.1) is 6.10 Å². The second kappa shape index (κ2) is 9.41. The second-order valence-electron chi connectivity index (χ2n) is 5.72. The minimum absolute atomic E-state index is 0.206. The predicted molar refractivity (Wildman–Crippen MR) is 84.1 cm³/mol. The standard InChI is InChI=1S/C17H25FN2O2/c18-15-9-7-14(8-10-15)13-20-17(21)19-11-4-12-22-16-5-2-1-3-6-16/h7-10,16H,1-6,11-13H2,(H2,19,20,21). The number of carbonyl (C=O) groups excluding carboxylic acids is 1. The van der Waals surface area contributed by atoms with Gasteiger partial charge in [-0.05, 0) is 37.0 Å². The van der Waals surface area contributed by atoms with Crippen molar-refractivity contribution in [3.8, 4) is 0 Å². The molecule has 5 heteroatoms. The number of halogens is 1. The third-order valence-corrected chi connectivity index (χ3v) is 3.88. The lowest BCUT2D eigenvalue weighted by Gasteiger charge is -2.21. The average Bonchev–Trinajstić information content (AvgIpc) is 2.55. The predicted octanol–water partition coefficient (Wildman–Crippen LogP) is 3.36. The fraction of sp³-hybridized carbons (Fsp3) is 0.588. The molecule has 1 saturated carbocycles. The quantitative estimate of drug-likeness (QED) is 0.759. The summed E-state index contributed by atoms with van der Waals surface area (Å²) in [5.74, 6) is -0.272. The van der Waals surface area contributed by atoms with E-state index >= 15 is 0 Å². The van der Waals surface area contributed by atoms with Crippen molar-refractivity contribution in [1.82, 2.24) is 10.6 Å². The molecule has 1 fully saturated rings. The van der Waals surface area contributed by atoms with E-state index in [1.54, 1.807) is 12.1 Å². The van der Waals surface area contributed by atoms with Gasteiger partial charge in [-0.15, -0.1) is 0 Å². The van der Waals surface area contributed by atoms with Gasteiger partial charge in [-0.3, -0.25) is 0 Å². The van der Waals surface area contributed by atoms with Crippen molar-refractivity contribution >= 4 is 6.03 Å². The van der Waals surface area contributed by atoms with Gasteiger partial charge in [-0.25, -0.2) is 9.18 Å². The number of nitrogens with one attached hydrogen (secondary N) is 2. The van der Waals surface area contributed by atoms with Crippen molar-refractivity contribution < 1.29 is 13.9 Å². The SMILES string of the molecule is O=C(NCCCOC1CCCCC1)NCc1ccc(F)cc1. The molecule has 0 heterocycles. The summed E-state index contributed by atoms with van der Waals surface area (Å²) in [6.45, 7) is 1.69. The maximum Gasteiger partial charge on any atom is 0.315 e. The number of urea groups is 1. The average molecular weight is 308 g/mol. The van der Waals surface area contributed by atoms with Crippen LogP contribution in [0.25, 0.3) is 0 Å². The van der Waals surface area contributed by atoms with Crippen LogP contribution in [-0.2, 0) is 11.3 Å². The normalized spacial score (nSPS) is 15.5. The van der Waals surface area contributed by atoms with Gasteiger partial charge in [0, 0.05) is 19.7 Å². The van der Waals surface area contributed by atoms with E-state index in [2.05, 4.69) is 10.6 Å². The van der Waals surface area contributed by atoms with Crippen molar-refractivity contribution in [2.45, 2.75) is 51.2 Å². The highest BCUT2D eigenvalue weighted by Gasteiger charge is 2.12. The van der Waals surface area contributed by atoms with E-state index in [4.69, 9.17) is 4.74 Å². The van der Waals surface area contributed by atoms with Crippen molar-refractivity contribution in [2.75, 3.05) is 13.2 Å². The summed E-state index contributed by atoms with van der Waals surface area (Å²) < 4.78 is 18.5. The first-order chi connectivity index (χ1) is 10.7. The second-order valence-corrected chi connectivity index (χ2v) is 5.72. The lowest BCUT2D eigenvalue weighted by Crippen LogP contribution is -2.36. The molecule has 1 aromatic rings. The molecule has 22 heavy (non-hydrogen) atoms. The first-order valence-corrected chi connectivity index (χ1v) is 8.12. The smallest absolute Gasteiger partial charge is 0.315 e. The fourth-order valence-corrected chi connectivity index (χ4v) is 2.60. The lowest BCUT2D eigenvalue weighted by molar-refractivity contribution is 0.0275. The number of hydrogen-bond acceptors (Lipinski definition) is 2. The van der Waals surface area contributed by atoms with Crippen molar-refractivity contribution in [3.63, 3.8) is 0 Å². The molecular formula is C17H25FN2O2. The summed E-state index contributed by atoms with van der Waals surface area (Å²) in [6, 6.07) is 5.89. The van der Waals surface area contributed by atoms with Crippen LogP contribution in [0.5, 0.6) is 0 Å². The molecule has 0 atom stereocenters. The molecule has 0 aromatic heterocycles. The van der Waals surface area contributed by atoms with Crippen LogP contribution < -0.4 is 10.6 Å². The molecular weight excluding hydrogens is 283 g/mol. The minimum atomic E-state index is -0.272. The van der Waals surface area contributed by atoms with Crippen molar-refractivity contribution in [1.29, 1.82) is 0 Å². The van der Waals surface area contributed by atoms with Gasteiger partial charge in [0.1, 0.15) is 5.82 Å². The monoisotopic (exact) mass is 308 g/mol. The van der Waals surface area contributed by atoms with E-state index in [0.29, 0.717) is 25.8 Å². The molecule has 2 amide bonds. The molecule has 4 nitrogen and oxygen atoms in total. The Kier molecular flexibility index (Phi) is 7.16. The Balaban J connectivity index is 1.49. The Labute approximate surface area is 131 Å². The van der Waals surface area contributed by atoms with Gasteiger partial charge in [0.25, 0.3) is 0 Å². The summed E-state index contributed by atoms with van der Waals surface area (Å²) in [5.41, 5.74) is 0.872. The van der Waals surface area contributed by atoms with E-state index in [-0.39, 0.29) is 11.8 Å². The maximum atomic E-state index is 12.7. The van der Waals surface area contributed by atoms with Crippen LogP contribution in [0.4, 0.5) is 9.18 Å². The highest BCUT2D eigenvalue weighted by Crippen LogP contribution is 2.20. The minimum Gasteiger partial charge on any atom is -0.378 e. The van der Waals surface area contributed by atoms with Gasteiger partial charge in [-0.2, -0.15) is 0 Å². The zero-order valence-corrected chi connectivity index (χ0v) is 12.9. The number of benzene rings is 1. The Morgan fingerprint density at radius 2 is 1.86 bits per heavy atom. The molecule has 2 N–H and O–H groups in total. The van der Waals surface area contributed by atoms with Crippen LogP contribution in [0.15, 0.2) is 24.3 Å². The molecule has 0 bridgehead atoms. The first kappa shape index (κ1) is 16.7. The van der Waals surface area contributed by atoms with Crippen LogP contribution >= 0.6 is 0 Å². The molecule has 2 rings (SSSR count). The van der Waals surface area contributed by atoms with Crippen LogP contribution in [0.2, 0.25) is 0 Å². The van der Waals surface area contributed by atoms with Gasteiger partial charge < -0.3 is 15.4 Å². The molecule has 0 spiro atoms. The Bertz CT molecular complexity index is 444. The largest absolute Gasteiger partial charge is 0.378 e. The summed E-state index contributed by atoms with van der Waals surface area (Å²) in [5, 5.41) is 5.54. The molecule has 0 unspecified atom stereocenters. The third-order valence-electron chi connectivity index (χ3n) is 3.88. The van der Waals surface area contributed by atoms with E-state index in [9.17, 15) is 9.18 Å². The number of ether oxygens (including phenoxy) is 1. The van der Waals surface area contributed by atoms with Gasteiger partial charge in [-0.1, -0.05) is 31.4 Å². The topological polar surface area (TPSA) is 50.4 Å². The van der Waals surface area contributed by atoms with Crippen LogP contribution in [-0.4, -0.2) is 25.3 Å². The van der Waals surface area contributed by atoms with E-state index < -0.39 is 0 Å². The molecule has 0 radical (unpaired) electrons. The summed E-state index contributed by atoms with van der Waals surface area (Å²) >= 11 is 0. The molecule has 0 saturated heterocycles. The van der Waals surface area contributed by atoms with Gasteiger partial charge in [0.15, 0.2) is 0 Å². The molecule has 122 valence electrons. The van der Waals surface area contributed by atoms with Crippen molar-refractivity contribution in [3.05, 3.63) is 35.6 Å². The number of amides is 2. The zero-order valence-electron chi connectivity index (χ0n) is 12.9. The third kappa shape index (κ3) is 6.43. The van der Waals surface area contributed by atoms with Gasteiger partial charge in [0.2, 0.25) is 0 Å². The molecule has 0 aliphatic heterocycles. The maximum absolute atomic E-state index is 12.7. The van der Waals surface area contributed by atoms with E-state index in [1.807, 2.05) is 0 Å². The van der Waals surface area contributed by atoms with Gasteiger partial charge >= 0.3 is 6.03 Å². The molecule has 1 aliphatic carbocycles. The summed E-state index contributed by atoms with van der Waals surface area (Å²) in [6.07, 6.45) is 7.46. The zero-order chi connectivity index (χ0) is 15.6.